The molecule has 1 amide bonds. The van der Waals surface area contributed by atoms with E-state index in [1.807, 2.05) is 26.0 Å². The third-order valence-electron chi connectivity index (χ3n) is 4.91. The number of anilines is 2. The molecule has 0 spiro atoms. The number of amides is 1. The summed E-state index contributed by atoms with van der Waals surface area (Å²) in [6.45, 7) is 3.43. The predicted octanol–water partition coefficient (Wildman–Crippen LogP) is 4.20. The lowest BCUT2D eigenvalue weighted by Crippen LogP contribution is -2.37. The van der Waals surface area contributed by atoms with E-state index in [-0.39, 0.29) is 18.8 Å². The van der Waals surface area contributed by atoms with Gasteiger partial charge < -0.3 is 14.8 Å². The molecule has 0 saturated heterocycles. The number of nitrogens with one attached hydrogen (secondary N) is 1. The van der Waals surface area contributed by atoms with Crippen LogP contribution in [0.5, 0.6) is 11.5 Å². The van der Waals surface area contributed by atoms with Gasteiger partial charge in [-0.2, -0.15) is 0 Å². The van der Waals surface area contributed by atoms with E-state index in [4.69, 9.17) is 9.47 Å². The van der Waals surface area contributed by atoms with Crippen LogP contribution in [0.3, 0.4) is 0 Å². The summed E-state index contributed by atoms with van der Waals surface area (Å²) in [6, 6.07) is 13.8. The molecule has 1 fully saturated rings. The molecular formula is C23H30N2O5S. The minimum atomic E-state index is -3.67. The molecular weight excluding hydrogens is 416 g/mol. The maximum Gasteiger partial charge on any atom is 0.245 e. The molecule has 31 heavy (non-hydrogen) atoms. The number of carbonyl (C=O) groups excluding carboxylic acids is 1. The van der Waals surface area contributed by atoms with E-state index in [1.165, 1.54) is 12.8 Å². The highest BCUT2D eigenvalue weighted by Crippen LogP contribution is 2.26. The van der Waals surface area contributed by atoms with Crippen molar-refractivity contribution >= 4 is 27.3 Å². The number of ether oxygens (including phenoxy) is 2. The molecule has 1 aliphatic carbocycles. The van der Waals surface area contributed by atoms with E-state index in [0.29, 0.717) is 17.1 Å². The number of rotatable bonds is 9. The van der Waals surface area contributed by atoms with Gasteiger partial charge in [0.15, 0.2) is 0 Å². The van der Waals surface area contributed by atoms with Crippen LogP contribution in [0.1, 0.15) is 39.5 Å². The average Bonchev–Trinajstić information content (AvgIpc) is 3.19. The molecule has 0 heterocycles. The maximum atomic E-state index is 12.6. The van der Waals surface area contributed by atoms with Crippen molar-refractivity contribution in [2.24, 2.45) is 0 Å². The van der Waals surface area contributed by atoms with Gasteiger partial charge in [0.2, 0.25) is 15.9 Å². The van der Waals surface area contributed by atoms with Crippen LogP contribution in [0.15, 0.2) is 48.5 Å². The predicted molar refractivity (Wildman–Crippen MR) is 122 cm³/mol. The Balaban J connectivity index is 1.66. The average molecular weight is 447 g/mol. The summed E-state index contributed by atoms with van der Waals surface area (Å²) in [5.41, 5.74) is 0.949. The van der Waals surface area contributed by atoms with E-state index < -0.39 is 15.9 Å². The van der Waals surface area contributed by atoms with Gasteiger partial charge in [0.25, 0.3) is 0 Å². The quantitative estimate of drug-likeness (QED) is 0.624. The lowest BCUT2D eigenvalue weighted by atomic mass is 10.2. The lowest BCUT2D eigenvalue weighted by molar-refractivity contribution is -0.114. The zero-order valence-corrected chi connectivity index (χ0v) is 19.0. The number of carbonyl (C=O) groups is 1. The van der Waals surface area contributed by atoms with Gasteiger partial charge in [-0.25, -0.2) is 8.42 Å². The van der Waals surface area contributed by atoms with Crippen molar-refractivity contribution in [1.29, 1.82) is 0 Å². The largest absolute Gasteiger partial charge is 0.491 e. The summed E-state index contributed by atoms with van der Waals surface area (Å²) >= 11 is 0. The Kier molecular flexibility index (Phi) is 7.43. The van der Waals surface area contributed by atoms with E-state index in [1.54, 1.807) is 36.4 Å². The monoisotopic (exact) mass is 446 g/mol. The highest BCUT2D eigenvalue weighted by molar-refractivity contribution is 7.92. The highest BCUT2D eigenvalue weighted by atomic mass is 32.2. The number of hydrogen-bond acceptors (Lipinski definition) is 5. The van der Waals surface area contributed by atoms with Crippen LogP contribution in [0.4, 0.5) is 11.4 Å². The van der Waals surface area contributed by atoms with Crippen LogP contribution in [0, 0.1) is 0 Å². The number of nitrogens with zero attached hydrogens (tertiary/aromatic N) is 1. The smallest absolute Gasteiger partial charge is 0.245 e. The summed E-state index contributed by atoms with van der Waals surface area (Å²) in [5, 5.41) is 2.75. The Morgan fingerprint density at radius 1 is 1.10 bits per heavy atom. The third-order valence-corrected chi connectivity index (χ3v) is 6.05. The zero-order valence-electron chi connectivity index (χ0n) is 18.2. The van der Waals surface area contributed by atoms with Crippen LogP contribution in [0.25, 0.3) is 0 Å². The second kappa shape index (κ2) is 10.0. The topological polar surface area (TPSA) is 84.9 Å². The number of benzene rings is 2. The normalized spacial score (nSPS) is 14.5. The molecule has 1 aliphatic rings. The highest BCUT2D eigenvalue weighted by Gasteiger charge is 2.22. The minimum absolute atomic E-state index is 0.0501. The van der Waals surface area contributed by atoms with Gasteiger partial charge in [-0.15, -0.1) is 0 Å². The molecule has 0 aromatic heterocycles. The van der Waals surface area contributed by atoms with E-state index >= 15 is 0 Å². The Morgan fingerprint density at radius 2 is 1.77 bits per heavy atom. The maximum absolute atomic E-state index is 12.6. The molecule has 2 aromatic rings. The molecule has 0 bridgehead atoms. The number of hydrogen-bond donors (Lipinski definition) is 1. The van der Waals surface area contributed by atoms with Crippen molar-refractivity contribution in [3.05, 3.63) is 48.5 Å². The second-order valence-corrected chi connectivity index (χ2v) is 9.94. The van der Waals surface area contributed by atoms with Crippen LogP contribution >= 0.6 is 0 Å². The molecule has 0 atom stereocenters. The molecule has 0 unspecified atom stereocenters. The van der Waals surface area contributed by atoms with Crippen LogP contribution < -0.4 is 19.1 Å². The third kappa shape index (κ3) is 6.89. The second-order valence-electron chi connectivity index (χ2n) is 8.03. The fraction of sp³-hybridized carbons (Fsp3) is 0.435. The van der Waals surface area contributed by atoms with Crippen LogP contribution in [-0.2, 0) is 14.8 Å². The Bertz CT molecular complexity index is 983. The molecule has 2 aromatic carbocycles. The van der Waals surface area contributed by atoms with Crippen molar-refractivity contribution in [2.45, 2.75) is 51.7 Å². The van der Waals surface area contributed by atoms with Gasteiger partial charge in [-0.1, -0.05) is 6.07 Å². The van der Waals surface area contributed by atoms with Gasteiger partial charge in [-0.05, 0) is 75.9 Å². The fourth-order valence-electron chi connectivity index (χ4n) is 3.53. The van der Waals surface area contributed by atoms with Crippen LogP contribution in [-0.4, -0.2) is 39.3 Å². The lowest BCUT2D eigenvalue weighted by Gasteiger charge is -2.23. The Morgan fingerprint density at radius 3 is 2.39 bits per heavy atom. The number of sulfonamides is 1. The summed E-state index contributed by atoms with van der Waals surface area (Å²) in [5.74, 6) is 0.870. The van der Waals surface area contributed by atoms with Gasteiger partial charge in [0.05, 0.1) is 24.2 Å². The summed E-state index contributed by atoms with van der Waals surface area (Å²) < 4.78 is 37.3. The summed E-state index contributed by atoms with van der Waals surface area (Å²) in [7, 11) is -3.67. The standard InChI is InChI=1S/C23H30N2O5S/c1-17(2)29-22-10-6-7-19(15-22)25(31(3,27)28)16-23(26)24-18-11-13-21(14-12-18)30-20-8-4-5-9-20/h6-7,10-15,17,20H,4-5,8-9,16H2,1-3H3,(H,24,26). The van der Waals surface area contributed by atoms with Crippen molar-refractivity contribution in [3.63, 3.8) is 0 Å². The Hall–Kier alpha value is -2.74. The summed E-state index contributed by atoms with van der Waals surface area (Å²) in [4.78, 5) is 12.6. The first-order valence-corrected chi connectivity index (χ1v) is 12.4. The first-order valence-electron chi connectivity index (χ1n) is 10.5. The minimum Gasteiger partial charge on any atom is -0.491 e. The molecule has 7 nitrogen and oxygen atoms in total. The molecule has 168 valence electrons. The Labute approximate surface area is 184 Å². The van der Waals surface area contributed by atoms with E-state index in [2.05, 4.69) is 5.32 Å². The molecule has 0 aliphatic heterocycles. The summed E-state index contributed by atoms with van der Waals surface area (Å²) in [6.07, 6.45) is 5.83. The first-order chi connectivity index (χ1) is 14.7. The van der Waals surface area contributed by atoms with E-state index in [9.17, 15) is 13.2 Å². The van der Waals surface area contributed by atoms with Crippen molar-refractivity contribution in [3.8, 4) is 11.5 Å². The molecule has 8 heteroatoms. The van der Waals surface area contributed by atoms with Gasteiger partial charge in [0.1, 0.15) is 18.0 Å². The molecule has 3 rings (SSSR count). The van der Waals surface area contributed by atoms with Crippen molar-refractivity contribution in [2.75, 3.05) is 22.4 Å². The first kappa shape index (κ1) is 22.9. The van der Waals surface area contributed by atoms with Crippen LogP contribution in [0.2, 0.25) is 0 Å². The van der Waals surface area contributed by atoms with E-state index in [0.717, 1.165) is 29.2 Å². The molecule has 0 radical (unpaired) electrons. The van der Waals surface area contributed by atoms with Gasteiger partial charge in [0, 0.05) is 11.8 Å². The zero-order chi connectivity index (χ0) is 22.4. The van der Waals surface area contributed by atoms with Gasteiger partial charge in [-0.3, -0.25) is 9.10 Å². The van der Waals surface area contributed by atoms with Crippen molar-refractivity contribution in [1.82, 2.24) is 0 Å². The molecule has 1 N–H and O–H groups in total. The van der Waals surface area contributed by atoms with Crippen molar-refractivity contribution < 1.29 is 22.7 Å². The fourth-order valence-corrected chi connectivity index (χ4v) is 4.38. The SMILES string of the molecule is CC(C)Oc1cccc(N(CC(=O)Nc2ccc(OC3CCCC3)cc2)S(C)(=O)=O)c1. The van der Waals surface area contributed by atoms with Gasteiger partial charge >= 0.3 is 0 Å². The molecule has 1 saturated carbocycles.